The molecule has 1 atom stereocenters. The summed E-state index contributed by atoms with van der Waals surface area (Å²) in [4.78, 5) is 30.0. The van der Waals surface area contributed by atoms with Crippen LogP contribution in [0.4, 0.5) is 0 Å². The van der Waals surface area contributed by atoms with Gasteiger partial charge in [0, 0.05) is 50.4 Å². The Labute approximate surface area is 135 Å². The number of carbonyl (C=O) groups is 2. The number of carbonyl (C=O) groups excluding carboxylic acids is 2. The number of para-hydroxylation sites is 1. The zero-order valence-electron chi connectivity index (χ0n) is 13.2. The van der Waals surface area contributed by atoms with E-state index in [2.05, 4.69) is 16.8 Å². The molecule has 3 rings (SSSR count). The van der Waals surface area contributed by atoms with Gasteiger partial charge in [0.25, 0.3) is 11.8 Å². The van der Waals surface area contributed by atoms with Crippen molar-refractivity contribution in [3.05, 3.63) is 42.0 Å². The fourth-order valence-electron chi connectivity index (χ4n) is 3.08. The van der Waals surface area contributed by atoms with Gasteiger partial charge >= 0.3 is 0 Å². The Morgan fingerprint density at radius 3 is 2.26 bits per heavy atom. The molecule has 1 aromatic rings. The average Bonchev–Trinajstić information content (AvgIpc) is 2.87. The van der Waals surface area contributed by atoms with Gasteiger partial charge < -0.3 is 10.0 Å². The first kappa shape index (κ1) is 15.7. The van der Waals surface area contributed by atoms with Crippen LogP contribution in [0.1, 0.15) is 11.6 Å². The first-order chi connectivity index (χ1) is 11.1. The van der Waals surface area contributed by atoms with Crippen molar-refractivity contribution in [2.75, 3.05) is 39.8 Å². The number of likely N-dealkylation sites (N-methyl/N-ethyl adjacent to an activating group) is 1. The molecular weight excluding hydrogens is 294 g/mol. The highest BCUT2D eigenvalue weighted by Gasteiger charge is 2.35. The minimum Gasteiger partial charge on any atom is -0.508 e. The highest BCUT2D eigenvalue weighted by Crippen LogP contribution is 2.31. The highest BCUT2D eigenvalue weighted by atomic mass is 16.3. The number of hydrogen-bond acceptors (Lipinski definition) is 5. The Hall–Kier alpha value is -2.18. The molecule has 1 aromatic carbocycles. The van der Waals surface area contributed by atoms with E-state index in [1.807, 2.05) is 6.07 Å². The fraction of sp³-hybridized carbons (Fsp3) is 0.412. The second-order valence-electron chi connectivity index (χ2n) is 6.06. The van der Waals surface area contributed by atoms with E-state index >= 15 is 0 Å². The van der Waals surface area contributed by atoms with Crippen LogP contribution in [0.25, 0.3) is 0 Å². The molecule has 2 aliphatic rings. The molecule has 2 aliphatic heterocycles. The largest absolute Gasteiger partial charge is 0.508 e. The number of rotatable bonds is 4. The molecule has 0 radical (unpaired) electrons. The number of phenols is 1. The molecule has 122 valence electrons. The molecule has 6 nitrogen and oxygen atoms in total. The number of imide groups is 1. The Morgan fingerprint density at radius 2 is 1.65 bits per heavy atom. The standard InChI is InChI=1S/C17H21N3O3/c1-18-8-10-19(11-9-18)12-14(13-4-2-3-5-15(13)21)20-16(22)6-7-17(20)23/h2-7,14,21H,8-12H2,1H3. The van der Waals surface area contributed by atoms with Crippen LogP contribution < -0.4 is 0 Å². The highest BCUT2D eigenvalue weighted by molar-refractivity contribution is 6.13. The normalized spacial score (nSPS) is 21.2. The maximum Gasteiger partial charge on any atom is 0.254 e. The van der Waals surface area contributed by atoms with E-state index in [1.165, 1.54) is 17.1 Å². The van der Waals surface area contributed by atoms with Gasteiger partial charge in [0.05, 0.1) is 6.04 Å². The second-order valence-corrected chi connectivity index (χ2v) is 6.06. The van der Waals surface area contributed by atoms with Crippen LogP contribution in [0.5, 0.6) is 5.75 Å². The summed E-state index contributed by atoms with van der Waals surface area (Å²) in [5, 5.41) is 10.2. The third-order valence-corrected chi connectivity index (χ3v) is 4.48. The third-order valence-electron chi connectivity index (χ3n) is 4.48. The lowest BCUT2D eigenvalue weighted by Crippen LogP contribution is -2.48. The van der Waals surface area contributed by atoms with E-state index in [-0.39, 0.29) is 17.6 Å². The summed E-state index contributed by atoms with van der Waals surface area (Å²) in [6.07, 6.45) is 2.58. The van der Waals surface area contributed by atoms with E-state index in [0.29, 0.717) is 12.1 Å². The molecule has 1 saturated heterocycles. The molecule has 6 heteroatoms. The number of amides is 2. The maximum atomic E-state index is 12.1. The number of piperazine rings is 1. The van der Waals surface area contributed by atoms with Gasteiger partial charge in [-0.25, -0.2) is 0 Å². The van der Waals surface area contributed by atoms with Crippen LogP contribution in [0.2, 0.25) is 0 Å². The van der Waals surface area contributed by atoms with Gasteiger partial charge in [0.1, 0.15) is 5.75 Å². The Kier molecular flexibility index (Phi) is 4.45. The van der Waals surface area contributed by atoms with Crippen LogP contribution in [0, 0.1) is 0 Å². The molecule has 0 aliphatic carbocycles. The van der Waals surface area contributed by atoms with E-state index in [4.69, 9.17) is 0 Å². The van der Waals surface area contributed by atoms with Crippen molar-refractivity contribution in [3.8, 4) is 5.75 Å². The third kappa shape index (κ3) is 3.28. The number of phenolic OH excluding ortho intramolecular Hbond substituents is 1. The smallest absolute Gasteiger partial charge is 0.254 e. The van der Waals surface area contributed by atoms with Crippen molar-refractivity contribution in [3.63, 3.8) is 0 Å². The molecule has 1 fully saturated rings. The zero-order chi connectivity index (χ0) is 16.4. The van der Waals surface area contributed by atoms with Crippen LogP contribution >= 0.6 is 0 Å². The summed E-state index contributed by atoms with van der Waals surface area (Å²) in [5.74, 6) is -0.533. The first-order valence-electron chi connectivity index (χ1n) is 7.80. The summed E-state index contributed by atoms with van der Waals surface area (Å²) in [6.45, 7) is 4.19. The molecule has 0 saturated carbocycles. The predicted molar refractivity (Wildman–Crippen MR) is 85.8 cm³/mol. The molecule has 2 amide bonds. The number of aromatic hydroxyl groups is 1. The van der Waals surface area contributed by atoms with Crippen LogP contribution in [-0.4, -0.2) is 71.4 Å². The summed E-state index contributed by atoms with van der Waals surface area (Å²) < 4.78 is 0. The molecule has 0 bridgehead atoms. The summed E-state index contributed by atoms with van der Waals surface area (Å²) >= 11 is 0. The lowest BCUT2D eigenvalue weighted by molar-refractivity contribution is -0.140. The molecule has 1 unspecified atom stereocenters. The number of nitrogens with zero attached hydrogens (tertiary/aromatic N) is 3. The van der Waals surface area contributed by atoms with Crippen molar-refractivity contribution < 1.29 is 14.7 Å². The van der Waals surface area contributed by atoms with Gasteiger partial charge in [-0.1, -0.05) is 18.2 Å². The number of hydrogen-bond donors (Lipinski definition) is 1. The minimum atomic E-state index is -0.477. The minimum absolute atomic E-state index is 0.110. The Balaban J connectivity index is 1.86. The van der Waals surface area contributed by atoms with Gasteiger partial charge in [-0.05, 0) is 13.1 Å². The van der Waals surface area contributed by atoms with Gasteiger partial charge in [-0.2, -0.15) is 0 Å². The average molecular weight is 315 g/mol. The topological polar surface area (TPSA) is 64.1 Å². The van der Waals surface area contributed by atoms with Crippen molar-refractivity contribution in [2.45, 2.75) is 6.04 Å². The van der Waals surface area contributed by atoms with E-state index in [1.54, 1.807) is 18.2 Å². The summed E-state index contributed by atoms with van der Waals surface area (Å²) in [5.41, 5.74) is 0.608. The maximum absolute atomic E-state index is 12.1. The molecule has 0 spiro atoms. The van der Waals surface area contributed by atoms with Gasteiger partial charge in [-0.15, -0.1) is 0 Å². The van der Waals surface area contributed by atoms with Crippen molar-refractivity contribution >= 4 is 11.8 Å². The molecule has 23 heavy (non-hydrogen) atoms. The summed E-state index contributed by atoms with van der Waals surface area (Å²) in [6, 6.07) is 6.43. The zero-order valence-corrected chi connectivity index (χ0v) is 13.2. The quantitative estimate of drug-likeness (QED) is 0.825. The molecule has 0 aromatic heterocycles. The molecular formula is C17H21N3O3. The summed E-state index contributed by atoms with van der Waals surface area (Å²) in [7, 11) is 2.08. The Morgan fingerprint density at radius 1 is 1.04 bits per heavy atom. The van der Waals surface area contributed by atoms with Crippen molar-refractivity contribution in [1.29, 1.82) is 0 Å². The second kappa shape index (κ2) is 6.52. The number of benzene rings is 1. The SMILES string of the molecule is CN1CCN(CC(c2ccccc2O)N2C(=O)C=CC2=O)CC1. The molecule has 2 heterocycles. The van der Waals surface area contributed by atoms with Crippen molar-refractivity contribution in [1.82, 2.24) is 14.7 Å². The van der Waals surface area contributed by atoms with E-state index < -0.39 is 6.04 Å². The van der Waals surface area contributed by atoms with Gasteiger partial charge in [-0.3, -0.25) is 19.4 Å². The monoisotopic (exact) mass is 315 g/mol. The van der Waals surface area contributed by atoms with E-state index in [9.17, 15) is 14.7 Å². The lowest BCUT2D eigenvalue weighted by Gasteiger charge is -2.37. The van der Waals surface area contributed by atoms with E-state index in [0.717, 1.165) is 26.2 Å². The molecule has 1 N–H and O–H groups in total. The predicted octanol–water partition coefficient (Wildman–Crippen LogP) is 0.606. The van der Waals surface area contributed by atoms with Crippen molar-refractivity contribution in [2.24, 2.45) is 0 Å². The van der Waals surface area contributed by atoms with Gasteiger partial charge in [0.15, 0.2) is 0 Å². The van der Waals surface area contributed by atoms with Crippen LogP contribution in [0.3, 0.4) is 0 Å². The first-order valence-corrected chi connectivity index (χ1v) is 7.80. The van der Waals surface area contributed by atoms with Crippen LogP contribution in [-0.2, 0) is 9.59 Å². The fourth-order valence-corrected chi connectivity index (χ4v) is 3.08. The Bertz CT molecular complexity index is 618. The van der Waals surface area contributed by atoms with Gasteiger partial charge in [0.2, 0.25) is 0 Å². The van der Waals surface area contributed by atoms with Crippen LogP contribution in [0.15, 0.2) is 36.4 Å². The lowest BCUT2D eigenvalue weighted by atomic mass is 10.0.